The molecular weight excluding hydrogens is 432 g/mol. The van der Waals surface area contributed by atoms with Crippen molar-refractivity contribution in [2.45, 2.75) is 58.3 Å². The minimum Gasteiger partial charge on any atom is -0.388 e. The molecule has 0 aliphatic rings. The van der Waals surface area contributed by atoms with E-state index in [1.807, 2.05) is 51.1 Å². The first-order valence-electron chi connectivity index (χ1n) is 11.9. The molecule has 2 rings (SSSR count). The number of aliphatic hydroxyl groups excluding tert-OH is 2. The van der Waals surface area contributed by atoms with Crippen molar-refractivity contribution in [2.24, 2.45) is 0 Å². The Hall–Kier alpha value is -2.74. The van der Waals surface area contributed by atoms with Crippen LogP contribution in [0.4, 0.5) is 0 Å². The molecule has 0 aliphatic heterocycles. The predicted octanol–water partition coefficient (Wildman–Crippen LogP) is 2.97. The van der Waals surface area contributed by atoms with Crippen LogP contribution < -0.4 is 5.32 Å². The Bertz CT molecular complexity index is 912. The van der Waals surface area contributed by atoms with Gasteiger partial charge in [-0.25, -0.2) is 0 Å². The van der Waals surface area contributed by atoms with Gasteiger partial charge in [-0.1, -0.05) is 44.2 Å². The van der Waals surface area contributed by atoms with E-state index in [2.05, 4.69) is 5.32 Å². The molecule has 2 aromatic carbocycles. The van der Waals surface area contributed by atoms with E-state index in [1.54, 1.807) is 23.1 Å². The summed E-state index contributed by atoms with van der Waals surface area (Å²) in [5.41, 5.74) is 2.50. The van der Waals surface area contributed by atoms with Gasteiger partial charge in [0, 0.05) is 31.3 Å². The van der Waals surface area contributed by atoms with Crippen molar-refractivity contribution in [1.82, 2.24) is 10.2 Å². The van der Waals surface area contributed by atoms with Gasteiger partial charge in [0.25, 0.3) is 11.8 Å². The average molecular weight is 471 g/mol. The molecule has 0 fully saturated rings. The molecule has 0 spiro atoms. The maximum absolute atomic E-state index is 13.2. The van der Waals surface area contributed by atoms with Gasteiger partial charge in [0.2, 0.25) is 0 Å². The summed E-state index contributed by atoms with van der Waals surface area (Å²) in [7, 11) is 1.44. The Morgan fingerprint density at radius 1 is 1.00 bits per heavy atom. The molecule has 0 heterocycles. The van der Waals surface area contributed by atoms with Crippen molar-refractivity contribution in [3.63, 3.8) is 0 Å². The quantitative estimate of drug-likeness (QED) is 0.418. The minimum absolute atomic E-state index is 0.0594. The molecule has 7 heteroatoms. The Morgan fingerprint density at radius 2 is 1.62 bits per heavy atom. The number of ether oxygens (including phenoxy) is 1. The highest BCUT2D eigenvalue weighted by atomic mass is 16.5. The second-order valence-corrected chi connectivity index (χ2v) is 8.66. The maximum atomic E-state index is 13.2. The zero-order valence-corrected chi connectivity index (χ0v) is 20.7. The summed E-state index contributed by atoms with van der Waals surface area (Å²) in [5, 5.41) is 23.9. The van der Waals surface area contributed by atoms with E-state index in [-0.39, 0.29) is 12.5 Å². The van der Waals surface area contributed by atoms with E-state index in [0.29, 0.717) is 30.6 Å². The molecule has 0 bridgehead atoms. The molecule has 3 N–H and O–H groups in total. The van der Waals surface area contributed by atoms with E-state index in [9.17, 15) is 19.8 Å². The summed E-state index contributed by atoms with van der Waals surface area (Å²) in [4.78, 5) is 28.1. The van der Waals surface area contributed by atoms with Crippen LogP contribution in [0.3, 0.4) is 0 Å². The van der Waals surface area contributed by atoms with Crippen molar-refractivity contribution in [3.05, 3.63) is 70.8 Å². The van der Waals surface area contributed by atoms with Crippen molar-refractivity contribution in [3.8, 4) is 0 Å². The van der Waals surface area contributed by atoms with Gasteiger partial charge in [0.15, 0.2) is 0 Å². The fourth-order valence-electron chi connectivity index (χ4n) is 3.99. The number of hydrogen-bond acceptors (Lipinski definition) is 5. The SMILES string of the molecule is CCCN(CCC)C(=O)c1cc(C)cc(C(=O)NC(Cc2ccccc2)C(O)C(O)COC)c1. The highest BCUT2D eigenvalue weighted by Crippen LogP contribution is 2.15. The highest BCUT2D eigenvalue weighted by Gasteiger charge is 2.29. The second-order valence-electron chi connectivity index (χ2n) is 8.66. The number of hydrogen-bond donors (Lipinski definition) is 3. The summed E-state index contributed by atoms with van der Waals surface area (Å²) in [6.45, 7) is 7.16. The third kappa shape index (κ3) is 7.94. The third-order valence-corrected chi connectivity index (χ3v) is 5.62. The largest absolute Gasteiger partial charge is 0.388 e. The first-order valence-corrected chi connectivity index (χ1v) is 11.9. The van der Waals surface area contributed by atoms with Crippen molar-refractivity contribution in [2.75, 3.05) is 26.8 Å². The van der Waals surface area contributed by atoms with Gasteiger partial charge >= 0.3 is 0 Å². The molecule has 34 heavy (non-hydrogen) atoms. The summed E-state index contributed by atoms with van der Waals surface area (Å²) >= 11 is 0. The van der Waals surface area contributed by atoms with Crippen LogP contribution in [-0.4, -0.2) is 72.0 Å². The topological polar surface area (TPSA) is 99.1 Å². The number of benzene rings is 2. The highest BCUT2D eigenvalue weighted by molar-refractivity contribution is 6.00. The summed E-state index contributed by atoms with van der Waals surface area (Å²) in [5.74, 6) is -0.516. The van der Waals surface area contributed by atoms with Crippen LogP contribution >= 0.6 is 0 Å². The van der Waals surface area contributed by atoms with Crippen LogP contribution in [0.25, 0.3) is 0 Å². The summed E-state index contributed by atoms with van der Waals surface area (Å²) in [6.07, 6.45) is -0.362. The van der Waals surface area contributed by atoms with Crippen LogP contribution in [0.1, 0.15) is 58.5 Å². The normalized spacial score (nSPS) is 13.7. The number of aliphatic hydroxyl groups is 2. The van der Waals surface area contributed by atoms with Gasteiger partial charge in [-0.05, 0) is 55.5 Å². The van der Waals surface area contributed by atoms with E-state index in [0.717, 1.165) is 24.0 Å². The standard InChI is InChI=1S/C27H38N2O5/c1-5-12-29(13-6-2)27(33)22-15-19(3)14-21(17-22)26(32)28-23(25(31)24(30)18-34-4)16-20-10-8-7-9-11-20/h7-11,14-15,17,23-25,30-31H,5-6,12-13,16,18H2,1-4H3,(H,28,32). The minimum atomic E-state index is -1.24. The summed E-state index contributed by atoms with van der Waals surface area (Å²) < 4.78 is 4.97. The van der Waals surface area contributed by atoms with Crippen LogP contribution in [0, 0.1) is 6.92 Å². The molecule has 0 aliphatic carbocycles. The molecular formula is C27H38N2O5. The Balaban J connectivity index is 2.29. The van der Waals surface area contributed by atoms with Crippen molar-refractivity contribution < 1.29 is 24.5 Å². The number of carbonyl (C=O) groups excluding carboxylic acids is 2. The van der Waals surface area contributed by atoms with Crippen LogP contribution in [-0.2, 0) is 11.2 Å². The van der Waals surface area contributed by atoms with Gasteiger partial charge in [-0.15, -0.1) is 0 Å². The fourth-order valence-corrected chi connectivity index (χ4v) is 3.99. The molecule has 2 aromatic rings. The molecule has 0 aromatic heterocycles. The van der Waals surface area contributed by atoms with Gasteiger partial charge in [-0.3, -0.25) is 9.59 Å². The van der Waals surface area contributed by atoms with Crippen LogP contribution in [0.2, 0.25) is 0 Å². The average Bonchev–Trinajstić information content (AvgIpc) is 2.83. The van der Waals surface area contributed by atoms with Gasteiger partial charge in [0.05, 0.1) is 12.6 Å². The first kappa shape index (κ1) is 27.5. The van der Waals surface area contributed by atoms with E-state index < -0.39 is 24.2 Å². The molecule has 3 atom stereocenters. The molecule has 2 amide bonds. The fraction of sp³-hybridized carbons (Fsp3) is 0.481. The number of amides is 2. The van der Waals surface area contributed by atoms with E-state index in [4.69, 9.17) is 4.74 Å². The number of aryl methyl sites for hydroxylation is 1. The lowest BCUT2D eigenvalue weighted by Gasteiger charge is -2.28. The molecule has 0 saturated heterocycles. The maximum Gasteiger partial charge on any atom is 0.253 e. The van der Waals surface area contributed by atoms with E-state index in [1.165, 1.54) is 7.11 Å². The van der Waals surface area contributed by atoms with Crippen LogP contribution in [0.15, 0.2) is 48.5 Å². The molecule has 186 valence electrons. The molecule has 7 nitrogen and oxygen atoms in total. The number of nitrogens with one attached hydrogen (secondary N) is 1. The predicted molar refractivity (Wildman–Crippen MR) is 133 cm³/mol. The number of nitrogens with zero attached hydrogens (tertiary/aromatic N) is 1. The number of methoxy groups -OCH3 is 1. The van der Waals surface area contributed by atoms with Crippen molar-refractivity contribution >= 4 is 11.8 Å². The third-order valence-electron chi connectivity index (χ3n) is 5.62. The Kier molecular flexibility index (Phi) is 11.2. The smallest absolute Gasteiger partial charge is 0.253 e. The summed E-state index contributed by atoms with van der Waals surface area (Å²) in [6, 6.07) is 13.8. The van der Waals surface area contributed by atoms with Crippen molar-refractivity contribution in [1.29, 1.82) is 0 Å². The zero-order chi connectivity index (χ0) is 25.1. The lowest BCUT2D eigenvalue weighted by atomic mass is 9.97. The lowest BCUT2D eigenvalue weighted by molar-refractivity contribution is -0.0407. The Labute approximate surface area is 202 Å². The molecule has 0 saturated carbocycles. The monoisotopic (exact) mass is 470 g/mol. The van der Waals surface area contributed by atoms with E-state index >= 15 is 0 Å². The van der Waals surface area contributed by atoms with Gasteiger partial charge < -0.3 is 25.2 Å². The zero-order valence-electron chi connectivity index (χ0n) is 20.7. The van der Waals surface area contributed by atoms with Crippen LogP contribution in [0.5, 0.6) is 0 Å². The molecule has 0 radical (unpaired) electrons. The molecule has 3 unspecified atom stereocenters. The second kappa shape index (κ2) is 13.8. The van der Waals surface area contributed by atoms with Gasteiger partial charge in [0.1, 0.15) is 12.2 Å². The number of rotatable bonds is 13. The lowest BCUT2D eigenvalue weighted by Crippen LogP contribution is -2.51. The number of carbonyl (C=O) groups is 2. The first-order chi connectivity index (χ1) is 16.3. The Morgan fingerprint density at radius 3 is 2.21 bits per heavy atom. The van der Waals surface area contributed by atoms with Gasteiger partial charge in [-0.2, -0.15) is 0 Å².